The van der Waals surface area contributed by atoms with E-state index >= 15 is 0 Å². The summed E-state index contributed by atoms with van der Waals surface area (Å²) in [5, 5.41) is 4.69. The van der Waals surface area contributed by atoms with Gasteiger partial charge in [0.1, 0.15) is 0 Å². The Morgan fingerprint density at radius 3 is 2.57 bits per heavy atom. The molecule has 0 saturated heterocycles. The first-order valence-corrected chi connectivity index (χ1v) is 6.09. The highest BCUT2D eigenvalue weighted by molar-refractivity contribution is 6.33. The number of nitrogens with zero attached hydrogens (tertiary/aromatic N) is 1. The lowest BCUT2D eigenvalue weighted by molar-refractivity contribution is -0.137. The number of hydrogen-bond acceptors (Lipinski definition) is 2. The maximum atomic E-state index is 12.6. The van der Waals surface area contributed by atoms with Crippen molar-refractivity contribution in [2.45, 2.75) is 6.18 Å². The highest BCUT2D eigenvalue weighted by atomic mass is 35.5. The number of nitrogens with one attached hydrogen (secondary N) is 2. The molecular formula is C13H9ClF3N3O. The second-order valence-electron chi connectivity index (χ2n) is 4.01. The second kappa shape index (κ2) is 6.01. The number of alkyl halides is 3. The molecule has 2 N–H and O–H groups in total. The van der Waals surface area contributed by atoms with Crippen molar-refractivity contribution in [3.05, 3.63) is 53.3 Å². The van der Waals surface area contributed by atoms with Gasteiger partial charge >= 0.3 is 12.2 Å². The first kappa shape index (κ1) is 15.1. The van der Waals surface area contributed by atoms with Gasteiger partial charge in [0, 0.05) is 6.20 Å². The van der Waals surface area contributed by atoms with Gasteiger partial charge in [-0.05, 0) is 30.3 Å². The third-order valence-corrected chi connectivity index (χ3v) is 2.79. The number of carbonyl (C=O) groups is 1. The Labute approximate surface area is 122 Å². The van der Waals surface area contributed by atoms with E-state index < -0.39 is 17.8 Å². The number of anilines is 2. The van der Waals surface area contributed by atoms with Crippen LogP contribution >= 0.6 is 11.6 Å². The molecule has 8 heteroatoms. The molecule has 0 spiro atoms. The van der Waals surface area contributed by atoms with Gasteiger partial charge in [-0.2, -0.15) is 13.2 Å². The summed E-state index contributed by atoms with van der Waals surface area (Å²) >= 11 is 5.77. The quantitative estimate of drug-likeness (QED) is 0.863. The van der Waals surface area contributed by atoms with E-state index in [1.54, 1.807) is 12.1 Å². The largest absolute Gasteiger partial charge is 0.416 e. The van der Waals surface area contributed by atoms with Gasteiger partial charge in [0.25, 0.3) is 0 Å². The molecule has 4 nitrogen and oxygen atoms in total. The Kier molecular flexibility index (Phi) is 4.32. The monoisotopic (exact) mass is 315 g/mol. The van der Waals surface area contributed by atoms with Crippen LogP contribution in [0.15, 0.2) is 42.7 Å². The highest BCUT2D eigenvalue weighted by Crippen LogP contribution is 2.33. The maximum Gasteiger partial charge on any atom is 0.416 e. The van der Waals surface area contributed by atoms with Crippen LogP contribution in [0.2, 0.25) is 5.02 Å². The van der Waals surface area contributed by atoms with Gasteiger partial charge in [-0.1, -0.05) is 11.6 Å². The SMILES string of the molecule is O=C(Nc1cccnc1)Nc1cc(C(F)(F)F)ccc1Cl. The van der Waals surface area contributed by atoms with E-state index in [1.807, 2.05) is 0 Å². The molecule has 21 heavy (non-hydrogen) atoms. The van der Waals surface area contributed by atoms with E-state index in [0.717, 1.165) is 18.2 Å². The fourth-order valence-electron chi connectivity index (χ4n) is 1.52. The van der Waals surface area contributed by atoms with Gasteiger partial charge in [0.05, 0.1) is 28.2 Å². The van der Waals surface area contributed by atoms with Crippen molar-refractivity contribution >= 4 is 29.0 Å². The molecule has 2 amide bonds. The number of aromatic nitrogens is 1. The van der Waals surface area contributed by atoms with E-state index in [4.69, 9.17) is 11.6 Å². The minimum Gasteiger partial charge on any atom is -0.306 e. The molecule has 0 radical (unpaired) electrons. The second-order valence-corrected chi connectivity index (χ2v) is 4.42. The lowest BCUT2D eigenvalue weighted by Gasteiger charge is -2.12. The van der Waals surface area contributed by atoms with E-state index in [9.17, 15) is 18.0 Å². The van der Waals surface area contributed by atoms with Crippen molar-refractivity contribution in [3.8, 4) is 0 Å². The smallest absolute Gasteiger partial charge is 0.306 e. The minimum absolute atomic E-state index is 0.00402. The summed E-state index contributed by atoms with van der Waals surface area (Å²) in [4.78, 5) is 15.5. The molecule has 0 saturated carbocycles. The van der Waals surface area contributed by atoms with E-state index in [2.05, 4.69) is 15.6 Å². The van der Waals surface area contributed by atoms with E-state index in [-0.39, 0.29) is 10.7 Å². The number of hydrogen-bond donors (Lipinski definition) is 2. The Morgan fingerprint density at radius 1 is 1.19 bits per heavy atom. The third-order valence-electron chi connectivity index (χ3n) is 2.46. The molecule has 0 atom stereocenters. The molecule has 2 rings (SSSR count). The van der Waals surface area contributed by atoms with Gasteiger partial charge in [0.15, 0.2) is 0 Å². The molecule has 0 bridgehead atoms. The molecule has 110 valence electrons. The summed E-state index contributed by atoms with van der Waals surface area (Å²) in [7, 11) is 0. The Morgan fingerprint density at radius 2 is 1.95 bits per heavy atom. The van der Waals surface area contributed by atoms with Crippen LogP contribution in [0.25, 0.3) is 0 Å². The summed E-state index contributed by atoms with van der Waals surface area (Å²) in [6.45, 7) is 0. The number of benzene rings is 1. The predicted molar refractivity (Wildman–Crippen MR) is 73.3 cm³/mol. The molecule has 1 aromatic heterocycles. The van der Waals surface area contributed by atoms with Crippen molar-refractivity contribution < 1.29 is 18.0 Å². The van der Waals surface area contributed by atoms with Gasteiger partial charge in [0.2, 0.25) is 0 Å². The Balaban J connectivity index is 2.14. The minimum atomic E-state index is -4.51. The fourth-order valence-corrected chi connectivity index (χ4v) is 1.68. The highest BCUT2D eigenvalue weighted by Gasteiger charge is 2.31. The van der Waals surface area contributed by atoms with Gasteiger partial charge in [-0.25, -0.2) is 4.79 Å². The van der Waals surface area contributed by atoms with Crippen LogP contribution in [0.5, 0.6) is 0 Å². The van der Waals surface area contributed by atoms with Crippen LogP contribution in [0, 0.1) is 0 Å². The summed E-state index contributed by atoms with van der Waals surface area (Å²) in [5.41, 5.74) is -0.630. The third kappa shape index (κ3) is 4.09. The molecular weight excluding hydrogens is 307 g/mol. The number of urea groups is 1. The zero-order valence-corrected chi connectivity index (χ0v) is 11.2. The van der Waals surface area contributed by atoms with Crippen LogP contribution in [0.1, 0.15) is 5.56 Å². The first-order chi connectivity index (χ1) is 9.86. The standard InChI is InChI=1S/C13H9ClF3N3O/c14-10-4-3-8(13(15,16)17)6-11(10)20-12(21)19-9-2-1-5-18-7-9/h1-7H,(H2,19,20,21). The topological polar surface area (TPSA) is 54.0 Å². The molecule has 0 fully saturated rings. The molecule has 0 aliphatic carbocycles. The Bertz CT molecular complexity index is 647. The van der Waals surface area contributed by atoms with Crippen LogP contribution in [0.4, 0.5) is 29.3 Å². The predicted octanol–water partition coefficient (Wildman–Crippen LogP) is 4.40. The zero-order chi connectivity index (χ0) is 15.5. The van der Waals surface area contributed by atoms with E-state index in [0.29, 0.717) is 5.69 Å². The normalized spacial score (nSPS) is 11.0. The van der Waals surface area contributed by atoms with Crippen LogP contribution in [0.3, 0.4) is 0 Å². The van der Waals surface area contributed by atoms with Gasteiger partial charge in [-0.3, -0.25) is 4.98 Å². The van der Waals surface area contributed by atoms with Gasteiger partial charge in [-0.15, -0.1) is 0 Å². The van der Waals surface area contributed by atoms with Crippen molar-refractivity contribution in [1.82, 2.24) is 4.98 Å². The lowest BCUT2D eigenvalue weighted by Crippen LogP contribution is -2.20. The average molecular weight is 316 g/mol. The van der Waals surface area contributed by atoms with Gasteiger partial charge < -0.3 is 10.6 Å². The zero-order valence-electron chi connectivity index (χ0n) is 10.4. The number of carbonyl (C=O) groups excluding carboxylic acids is 1. The number of amides is 2. The van der Waals surface area contributed by atoms with Crippen molar-refractivity contribution in [1.29, 1.82) is 0 Å². The molecule has 1 aromatic carbocycles. The number of rotatable bonds is 2. The summed E-state index contributed by atoms with van der Waals surface area (Å²) < 4.78 is 37.8. The molecule has 0 aliphatic rings. The van der Waals surface area contributed by atoms with Crippen LogP contribution < -0.4 is 10.6 Å². The Hall–Kier alpha value is -2.28. The number of halogens is 4. The van der Waals surface area contributed by atoms with Crippen molar-refractivity contribution in [2.75, 3.05) is 10.6 Å². The van der Waals surface area contributed by atoms with Crippen molar-refractivity contribution in [2.24, 2.45) is 0 Å². The molecule has 2 aromatic rings. The van der Waals surface area contributed by atoms with E-state index in [1.165, 1.54) is 12.4 Å². The first-order valence-electron chi connectivity index (χ1n) is 5.71. The average Bonchev–Trinajstić information content (AvgIpc) is 2.41. The summed E-state index contributed by atoms with van der Waals surface area (Å²) in [6, 6.07) is 5.15. The van der Waals surface area contributed by atoms with Crippen molar-refractivity contribution in [3.63, 3.8) is 0 Å². The van der Waals surface area contributed by atoms with Crippen LogP contribution in [-0.4, -0.2) is 11.0 Å². The maximum absolute atomic E-state index is 12.6. The number of pyridine rings is 1. The molecule has 1 heterocycles. The molecule has 0 unspecified atom stereocenters. The summed E-state index contributed by atoms with van der Waals surface area (Å²) in [6.07, 6.45) is -1.60. The lowest BCUT2D eigenvalue weighted by atomic mass is 10.2. The molecule has 0 aliphatic heterocycles. The fraction of sp³-hybridized carbons (Fsp3) is 0.0769. The summed E-state index contributed by atoms with van der Waals surface area (Å²) in [5.74, 6) is 0. The van der Waals surface area contributed by atoms with Crippen LogP contribution in [-0.2, 0) is 6.18 Å².